The van der Waals surface area contributed by atoms with Crippen molar-refractivity contribution in [3.05, 3.63) is 58.1 Å². The van der Waals surface area contributed by atoms with Crippen molar-refractivity contribution < 1.29 is 9.47 Å². The molecule has 5 heteroatoms. The summed E-state index contributed by atoms with van der Waals surface area (Å²) in [6, 6.07) is 11.6. The van der Waals surface area contributed by atoms with Gasteiger partial charge in [-0.3, -0.25) is 0 Å². The number of rotatable bonds is 6. The topological polar surface area (TPSA) is 44.5 Å². The first-order valence-corrected chi connectivity index (χ1v) is 7.74. The van der Waals surface area contributed by atoms with E-state index >= 15 is 0 Å². The van der Waals surface area contributed by atoms with Gasteiger partial charge in [0.25, 0.3) is 0 Å². The Morgan fingerprint density at radius 3 is 2.45 bits per heavy atom. The summed E-state index contributed by atoms with van der Waals surface area (Å²) < 4.78 is 11.4. The van der Waals surface area contributed by atoms with E-state index in [0.717, 1.165) is 5.56 Å². The molecule has 0 bridgehead atoms. The first-order valence-electron chi connectivity index (χ1n) is 6.95. The summed E-state index contributed by atoms with van der Waals surface area (Å²) in [5, 5.41) is 0.431. The van der Waals surface area contributed by atoms with Crippen molar-refractivity contribution in [3.63, 3.8) is 0 Å². The van der Waals surface area contributed by atoms with Gasteiger partial charge in [-0.05, 0) is 31.5 Å². The van der Waals surface area contributed by atoms with E-state index < -0.39 is 0 Å². The minimum atomic E-state index is 0.271. The normalized spacial score (nSPS) is 10.3. The summed E-state index contributed by atoms with van der Waals surface area (Å²) in [7, 11) is 0. The second-order valence-corrected chi connectivity index (χ2v) is 5.70. The first-order chi connectivity index (χ1) is 10.5. The zero-order valence-electron chi connectivity index (χ0n) is 12.6. The van der Waals surface area contributed by atoms with Crippen LogP contribution < -0.4 is 15.2 Å². The van der Waals surface area contributed by atoms with Crippen LogP contribution in [0.1, 0.15) is 23.6 Å². The third-order valence-electron chi connectivity index (χ3n) is 3.10. The molecule has 0 fully saturated rings. The molecule has 3 nitrogen and oxygen atoms in total. The van der Waals surface area contributed by atoms with Gasteiger partial charge in [0.1, 0.15) is 11.6 Å². The van der Waals surface area contributed by atoms with E-state index in [1.165, 1.54) is 5.56 Å². The summed E-state index contributed by atoms with van der Waals surface area (Å²) in [6.45, 7) is 4.85. The second-order valence-electron chi connectivity index (χ2n) is 4.86. The van der Waals surface area contributed by atoms with E-state index in [1.807, 2.05) is 38.1 Å². The molecule has 0 unspecified atom stereocenters. The summed E-state index contributed by atoms with van der Waals surface area (Å²) in [6.07, 6.45) is 0. The molecule has 2 aromatic carbocycles. The zero-order valence-corrected chi connectivity index (χ0v) is 14.1. The third kappa shape index (κ3) is 4.12. The monoisotopic (exact) mass is 335 g/mol. The summed E-state index contributed by atoms with van der Waals surface area (Å²) in [5.74, 6) is 1.05. The highest BCUT2D eigenvalue weighted by Gasteiger charge is 2.14. The Bertz CT molecular complexity index is 671. The molecular weight excluding hydrogens is 318 g/mol. The Morgan fingerprint density at radius 1 is 1.18 bits per heavy atom. The minimum absolute atomic E-state index is 0.271. The van der Waals surface area contributed by atoms with E-state index in [4.69, 9.17) is 39.0 Å². The quantitative estimate of drug-likeness (QED) is 0.801. The minimum Gasteiger partial charge on any atom is -0.490 e. The smallest absolute Gasteiger partial charge is 0.180 e. The molecule has 2 N–H and O–H groups in total. The number of aryl methyl sites for hydroxylation is 1. The number of benzene rings is 2. The highest BCUT2D eigenvalue weighted by molar-refractivity contribution is 7.80. The molecule has 0 aliphatic heterocycles. The molecular formula is C17H18ClNO2S. The van der Waals surface area contributed by atoms with Crippen molar-refractivity contribution in [1.29, 1.82) is 0 Å². The van der Waals surface area contributed by atoms with Gasteiger partial charge in [0, 0.05) is 5.56 Å². The number of ether oxygens (including phenoxy) is 2. The van der Waals surface area contributed by atoms with Crippen LogP contribution >= 0.6 is 23.8 Å². The molecule has 0 amide bonds. The van der Waals surface area contributed by atoms with Gasteiger partial charge >= 0.3 is 0 Å². The van der Waals surface area contributed by atoms with Crippen LogP contribution in [0.25, 0.3) is 0 Å². The predicted molar refractivity (Wildman–Crippen MR) is 94.0 cm³/mol. The second kappa shape index (κ2) is 7.47. The summed E-state index contributed by atoms with van der Waals surface area (Å²) in [4.78, 5) is 0.271. The van der Waals surface area contributed by atoms with E-state index in [2.05, 4.69) is 0 Å². The Kier molecular flexibility index (Phi) is 5.63. The highest BCUT2D eigenvalue weighted by Crippen LogP contribution is 2.37. The van der Waals surface area contributed by atoms with Gasteiger partial charge in [-0.15, -0.1) is 0 Å². The lowest BCUT2D eigenvalue weighted by Gasteiger charge is -2.15. The predicted octanol–water partition coefficient (Wildman–Crippen LogP) is 4.26. The van der Waals surface area contributed by atoms with Crippen LogP contribution in [0, 0.1) is 6.92 Å². The molecule has 0 radical (unpaired) electrons. The molecule has 22 heavy (non-hydrogen) atoms. The largest absolute Gasteiger partial charge is 0.490 e. The van der Waals surface area contributed by atoms with Gasteiger partial charge in [-0.2, -0.15) is 0 Å². The Morgan fingerprint density at radius 2 is 1.86 bits per heavy atom. The molecule has 2 rings (SSSR count). The van der Waals surface area contributed by atoms with Gasteiger partial charge in [-0.1, -0.05) is 53.6 Å². The molecule has 0 saturated carbocycles. The van der Waals surface area contributed by atoms with Gasteiger partial charge in [0.2, 0.25) is 0 Å². The van der Waals surface area contributed by atoms with Crippen LogP contribution in [0.3, 0.4) is 0 Å². The van der Waals surface area contributed by atoms with E-state index in [1.54, 1.807) is 12.1 Å². The maximum atomic E-state index is 6.29. The molecule has 0 aliphatic rings. The molecule has 0 saturated heterocycles. The van der Waals surface area contributed by atoms with Crippen molar-refractivity contribution in [1.82, 2.24) is 0 Å². The van der Waals surface area contributed by atoms with Crippen molar-refractivity contribution in [2.45, 2.75) is 20.5 Å². The van der Waals surface area contributed by atoms with Gasteiger partial charge < -0.3 is 15.2 Å². The Balaban J connectivity index is 2.25. The lowest BCUT2D eigenvalue weighted by Crippen LogP contribution is -2.10. The molecule has 116 valence electrons. The number of nitrogens with two attached hydrogens (primary N) is 1. The molecule has 0 atom stereocenters. The van der Waals surface area contributed by atoms with Crippen LogP contribution in [0.5, 0.6) is 11.5 Å². The van der Waals surface area contributed by atoms with Crippen molar-refractivity contribution in [2.75, 3.05) is 6.61 Å². The number of hydrogen-bond acceptors (Lipinski definition) is 3. The fourth-order valence-electron chi connectivity index (χ4n) is 1.95. The number of halogens is 1. The van der Waals surface area contributed by atoms with Crippen molar-refractivity contribution in [3.8, 4) is 11.5 Å². The fraction of sp³-hybridized carbons (Fsp3) is 0.235. The lowest BCUT2D eigenvalue weighted by atomic mass is 10.1. The Hall–Kier alpha value is -1.78. The van der Waals surface area contributed by atoms with Gasteiger partial charge in [0.05, 0.1) is 11.6 Å². The lowest BCUT2D eigenvalue weighted by molar-refractivity contribution is 0.269. The number of hydrogen-bond donors (Lipinski definition) is 1. The Labute approximate surface area is 141 Å². The third-order valence-corrected chi connectivity index (χ3v) is 3.61. The van der Waals surface area contributed by atoms with Crippen LogP contribution in [-0.2, 0) is 6.61 Å². The average molecular weight is 336 g/mol. The van der Waals surface area contributed by atoms with E-state index in [9.17, 15) is 0 Å². The van der Waals surface area contributed by atoms with Crippen LogP contribution in [-0.4, -0.2) is 11.6 Å². The highest BCUT2D eigenvalue weighted by atomic mass is 35.5. The first kappa shape index (κ1) is 16.6. The van der Waals surface area contributed by atoms with Crippen LogP contribution in [0.15, 0.2) is 36.4 Å². The van der Waals surface area contributed by atoms with Crippen LogP contribution in [0.4, 0.5) is 0 Å². The maximum Gasteiger partial charge on any atom is 0.180 e. The molecule has 0 heterocycles. The zero-order chi connectivity index (χ0) is 16.1. The summed E-state index contributed by atoms with van der Waals surface area (Å²) >= 11 is 11.3. The van der Waals surface area contributed by atoms with E-state index in [0.29, 0.717) is 35.3 Å². The SMILES string of the molecule is CCOc1cc(C(N)=S)cc(Cl)c1OCc1ccc(C)cc1. The fourth-order valence-corrected chi connectivity index (χ4v) is 2.34. The molecule has 0 spiro atoms. The molecule has 2 aromatic rings. The van der Waals surface area contributed by atoms with Crippen molar-refractivity contribution in [2.24, 2.45) is 5.73 Å². The van der Waals surface area contributed by atoms with Gasteiger partial charge in [0.15, 0.2) is 11.5 Å². The van der Waals surface area contributed by atoms with Gasteiger partial charge in [-0.25, -0.2) is 0 Å². The van der Waals surface area contributed by atoms with Crippen molar-refractivity contribution >= 4 is 28.8 Å². The molecule has 0 aliphatic carbocycles. The maximum absolute atomic E-state index is 6.29. The summed E-state index contributed by atoms with van der Waals surface area (Å²) in [5.41, 5.74) is 8.58. The molecule has 0 aromatic heterocycles. The van der Waals surface area contributed by atoms with Crippen LogP contribution in [0.2, 0.25) is 5.02 Å². The standard InChI is InChI=1S/C17H18ClNO2S/c1-3-20-15-9-13(17(19)22)8-14(18)16(15)21-10-12-6-4-11(2)5-7-12/h4-9H,3,10H2,1-2H3,(H2,19,22). The average Bonchev–Trinajstić information content (AvgIpc) is 2.48. The van der Waals surface area contributed by atoms with E-state index in [-0.39, 0.29) is 4.99 Å². The number of thiocarbonyl (C=S) groups is 1.